The zero-order valence-electron chi connectivity index (χ0n) is 9.15. The van der Waals surface area contributed by atoms with Crippen LogP contribution in [0.5, 0.6) is 0 Å². The molecule has 5 heteroatoms. The summed E-state index contributed by atoms with van der Waals surface area (Å²) in [5, 5.41) is 7.90. The molecule has 15 heavy (non-hydrogen) atoms. The highest BCUT2D eigenvalue weighted by molar-refractivity contribution is 5.24. The third-order valence-corrected chi connectivity index (χ3v) is 2.57. The van der Waals surface area contributed by atoms with Gasteiger partial charge >= 0.3 is 6.01 Å². The van der Waals surface area contributed by atoms with E-state index in [1.54, 1.807) is 0 Å². The van der Waals surface area contributed by atoms with Crippen molar-refractivity contribution in [2.75, 3.05) is 18.0 Å². The van der Waals surface area contributed by atoms with E-state index >= 15 is 0 Å². The van der Waals surface area contributed by atoms with E-state index in [1.807, 2.05) is 0 Å². The van der Waals surface area contributed by atoms with Gasteiger partial charge in [0.1, 0.15) is 0 Å². The summed E-state index contributed by atoms with van der Waals surface area (Å²) in [6.45, 7) is 4.49. The standard InChI is InChI=1S/C10H18N4O/c1-2-5-14(7-8-3-4-8)10-13-12-9(6-11)15-10/h8H,2-7,11H2,1H3. The SMILES string of the molecule is CCCN(CC1CC1)c1nnc(CN)o1. The summed E-state index contributed by atoms with van der Waals surface area (Å²) < 4.78 is 5.45. The van der Waals surface area contributed by atoms with Crippen LogP contribution in [-0.2, 0) is 6.54 Å². The zero-order chi connectivity index (χ0) is 10.7. The summed E-state index contributed by atoms with van der Waals surface area (Å²) in [6, 6.07) is 0.629. The number of hydrogen-bond acceptors (Lipinski definition) is 5. The van der Waals surface area contributed by atoms with Crippen LogP contribution >= 0.6 is 0 Å². The highest BCUT2D eigenvalue weighted by Gasteiger charge is 2.26. The Morgan fingerprint density at radius 1 is 1.47 bits per heavy atom. The minimum absolute atomic E-state index is 0.316. The predicted octanol–water partition coefficient (Wildman–Crippen LogP) is 1.15. The number of nitrogens with two attached hydrogens (primary N) is 1. The molecule has 0 spiro atoms. The monoisotopic (exact) mass is 210 g/mol. The van der Waals surface area contributed by atoms with E-state index in [1.165, 1.54) is 12.8 Å². The normalized spacial score (nSPS) is 15.6. The molecular formula is C10H18N4O. The number of aromatic nitrogens is 2. The molecule has 0 saturated heterocycles. The topological polar surface area (TPSA) is 68.2 Å². The fraction of sp³-hybridized carbons (Fsp3) is 0.800. The summed E-state index contributed by atoms with van der Waals surface area (Å²) in [7, 11) is 0. The smallest absolute Gasteiger partial charge is 0.318 e. The van der Waals surface area contributed by atoms with Gasteiger partial charge in [0.2, 0.25) is 5.89 Å². The predicted molar refractivity (Wildman–Crippen MR) is 57.4 cm³/mol. The fourth-order valence-corrected chi connectivity index (χ4v) is 1.60. The first-order valence-electron chi connectivity index (χ1n) is 5.61. The molecule has 0 atom stereocenters. The Morgan fingerprint density at radius 3 is 2.80 bits per heavy atom. The molecule has 1 saturated carbocycles. The molecule has 1 aromatic rings. The van der Waals surface area contributed by atoms with Gasteiger partial charge in [0, 0.05) is 13.1 Å². The zero-order valence-corrected chi connectivity index (χ0v) is 9.15. The molecule has 0 aliphatic heterocycles. The molecule has 1 fully saturated rings. The molecule has 84 valence electrons. The molecular weight excluding hydrogens is 192 g/mol. The molecule has 1 aromatic heterocycles. The van der Waals surface area contributed by atoms with Crippen molar-refractivity contribution in [3.05, 3.63) is 5.89 Å². The molecule has 0 amide bonds. The van der Waals surface area contributed by atoms with Crippen LogP contribution < -0.4 is 10.6 Å². The van der Waals surface area contributed by atoms with Crippen molar-refractivity contribution in [3.63, 3.8) is 0 Å². The lowest BCUT2D eigenvalue weighted by Crippen LogP contribution is -2.26. The largest absolute Gasteiger partial charge is 0.407 e. The Hall–Kier alpha value is -1.10. The van der Waals surface area contributed by atoms with Gasteiger partial charge in [-0.05, 0) is 25.2 Å². The quantitative estimate of drug-likeness (QED) is 0.763. The molecule has 2 N–H and O–H groups in total. The number of hydrogen-bond donors (Lipinski definition) is 1. The summed E-state index contributed by atoms with van der Waals surface area (Å²) in [6.07, 6.45) is 3.75. The summed E-state index contributed by atoms with van der Waals surface area (Å²) in [5.74, 6) is 1.34. The average molecular weight is 210 g/mol. The Balaban J connectivity index is 2.00. The van der Waals surface area contributed by atoms with Crippen LogP contribution in [0.15, 0.2) is 4.42 Å². The van der Waals surface area contributed by atoms with Crippen molar-refractivity contribution < 1.29 is 4.42 Å². The Labute approximate surface area is 89.6 Å². The van der Waals surface area contributed by atoms with Crippen LogP contribution in [0.3, 0.4) is 0 Å². The lowest BCUT2D eigenvalue weighted by atomic mass is 10.3. The van der Waals surface area contributed by atoms with Crippen molar-refractivity contribution in [2.45, 2.75) is 32.7 Å². The van der Waals surface area contributed by atoms with Crippen molar-refractivity contribution in [1.29, 1.82) is 0 Å². The number of anilines is 1. The highest BCUT2D eigenvalue weighted by Crippen LogP contribution is 2.31. The summed E-state index contributed by atoms with van der Waals surface area (Å²) in [5.41, 5.74) is 5.44. The molecule has 0 aromatic carbocycles. The average Bonchev–Trinajstić information content (AvgIpc) is 2.94. The van der Waals surface area contributed by atoms with Gasteiger partial charge in [-0.2, -0.15) is 0 Å². The van der Waals surface area contributed by atoms with E-state index in [-0.39, 0.29) is 0 Å². The van der Waals surface area contributed by atoms with Gasteiger partial charge in [-0.25, -0.2) is 0 Å². The lowest BCUT2D eigenvalue weighted by molar-refractivity contribution is 0.479. The molecule has 0 radical (unpaired) electrons. The second kappa shape index (κ2) is 4.61. The van der Waals surface area contributed by atoms with E-state index in [0.717, 1.165) is 25.4 Å². The van der Waals surface area contributed by atoms with E-state index in [9.17, 15) is 0 Å². The fourth-order valence-electron chi connectivity index (χ4n) is 1.60. The van der Waals surface area contributed by atoms with Gasteiger partial charge in [-0.15, -0.1) is 5.10 Å². The Morgan fingerprint density at radius 2 is 2.27 bits per heavy atom. The maximum Gasteiger partial charge on any atom is 0.318 e. The molecule has 1 aliphatic rings. The first kappa shape index (κ1) is 10.4. The molecule has 1 heterocycles. The molecule has 2 rings (SSSR count). The van der Waals surface area contributed by atoms with Crippen molar-refractivity contribution in [3.8, 4) is 0 Å². The minimum Gasteiger partial charge on any atom is -0.407 e. The van der Waals surface area contributed by atoms with E-state index in [2.05, 4.69) is 22.0 Å². The second-order valence-electron chi connectivity index (χ2n) is 4.07. The highest BCUT2D eigenvalue weighted by atomic mass is 16.4. The van der Waals surface area contributed by atoms with E-state index in [0.29, 0.717) is 18.5 Å². The first-order valence-corrected chi connectivity index (χ1v) is 5.61. The van der Waals surface area contributed by atoms with Crippen molar-refractivity contribution in [1.82, 2.24) is 10.2 Å². The number of nitrogens with zero attached hydrogens (tertiary/aromatic N) is 3. The lowest BCUT2D eigenvalue weighted by Gasteiger charge is -2.18. The third-order valence-electron chi connectivity index (χ3n) is 2.57. The van der Waals surface area contributed by atoms with Crippen LogP contribution in [0, 0.1) is 5.92 Å². The maximum absolute atomic E-state index is 5.45. The second-order valence-corrected chi connectivity index (χ2v) is 4.07. The molecule has 1 aliphatic carbocycles. The number of rotatable bonds is 6. The van der Waals surface area contributed by atoms with E-state index in [4.69, 9.17) is 10.2 Å². The minimum atomic E-state index is 0.316. The van der Waals surface area contributed by atoms with Gasteiger partial charge in [0.15, 0.2) is 0 Å². The Kier molecular flexibility index (Phi) is 3.20. The maximum atomic E-state index is 5.45. The summed E-state index contributed by atoms with van der Waals surface area (Å²) in [4.78, 5) is 2.17. The van der Waals surface area contributed by atoms with Crippen LogP contribution in [0.4, 0.5) is 6.01 Å². The Bertz CT molecular complexity index is 308. The van der Waals surface area contributed by atoms with Crippen LogP contribution in [0.1, 0.15) is 32.1 Å². The first-order chi connectivity index (χ1) is 7.33. The molecule has 5 nitrogen and oxygen atoms in total. The van der Waals surface area contributed by atoms with Gasteiger partial charge in [0.25, 0.3) is 0 Å². The molecule has 0 bridgehead atoms. The van der Waals surface area contributed by atoms with Crippen LogP contribution in [-0.4, -0.2) is 23.3 Å². The van der Waals surface area contributed by atoms with Crippen LogP contribution in [0.25, 0.3) is 0 Å². The van der Waals surface area contributed by atoms with E-state index < -0.39 is 0 Å². The van der Waals surface area contributed by atoms with Gasteiger partial charge in [-0.1, -0.05) is 12.0 Å². The van der Waals surface area contributed by atoms with Gasteiger partial charge in [0.05, 0.1) is 6.54 Å². The van der Waals surface area contributed by atoms with Crippen molar-refractivity contribution in [2.24, 2.45) is 11.7 Å². The molecule has 0 unspecified atom stereocenters. The third kappa shape index (κ3) is 2.68. The van der Waals surface area contributed by atoms with Gasteiger partial charge < -0.3 is 15.1 Å². The summed E-state index contributed by atoms with van der Waals surface area (Å²) >= 11 is 0. The van der Waals surface area contributed by atoms with Crippen LogP contribution in [0.2, 0.25) is 0 Å². The van der Waals surface area contributed by atoms with Gasteiger partial charge in [-0.3, -0.25) is 0 Å². The van der Waals surface area contributed by atoms with Crippen molar-refractivity contribution >= 4 is 6.01 Å².